The lowest BCUT2D eigenvalue weighted by molar-refractivity contribution is 0.0739. The molecule has 1 fully saturated rings. The second-order valence-corrected chi connectivity index (χ2v) is 7.00. The minimum absolute atomic E-state index is 0.0469. The summed E-state index contributed by atoms with van der Waals surface area (Å²) in [5, 5.41) is 11.5. The molecule has 1 saturated heterocycles. The predicted molar refractivity (Wildman–Crippen MR) is 108 cm³/mol. The summed E-state index contributed by atoms with van der Waals surface area (Å²) < 4.78 is 0. The summed E-state index contributed by atoms with van der Waals surface area (Å²) in [5.41, 5.74) is 1.61. The highest BCUT2D eigenvalue weighted by molar-refractivity contribution is 5.92. The van der Waals surface area contributed by atoms with Crippen LogP contribution >= 0.6 is 0 Å². The maximum absolute atomic E-state index is 12.7. The summed E-state index contributed by atoms with van der Waals surface area (Å²) in [5.74, 6) is 0.661. The number of carbonyl (C=O) groups is 1. The van der Waals surface area contributed by atoms with E-state index in [2.05, 4.69) is 51.5 Å². The molecule has 3 rings (SSSR count). The minimum atomic E-state index is -0.0469. The van der Waals surface area contributed by atoms with Crippen LogP contribution in [-0.4, -0.2) is 79.3 Å². The predicted octanol–water partition coefficient (Wildman–Crippen LogP) is 1.80. The Labute approximate surface area is 161 Å². The summed E-state index contributed by atoms with van der Waals surface area (Å²) in [7, 11) is 4.11. The topological polar surface area (TPSA) is 64.6 Å². The van der Waals surface area contributed by atoms with Gasteiger partial charge < -0.3 is 20.0 Å². The van der Waals surface area contributed by atoms with Gasteiger partial charge in [0.25, 0.3) is 5.91 Å². The third-order valence-corrected chi connectivity index (χ3v) is 4.66. The molecule has 0 unspecified atom stereocenters. The van der Waals surface area contributed by atoms with Crippen LogP contribution in [0.15, 0.2) is 42.5 Å². The molecule has 1 aromatic carbocycles. The largest absolute Gasteiger partial charge is 0.369 e. The molecular formula is C20H28N6O. The van der Waals surface area contributed by atoms with Gasteiger partial charge in [-0.1, -0.05) is 18.2 Å². The SMILES string of the molecule is CN(C)CCCNc1ccc(C(=O)N2CCN(c3ccccc3)CC2)nn1. The molecule has 1 aliphatic rings. The monoisotopic (exact) mass is 368 g/mol. The zero-order chi connectivity index (χ0) is 19.1. The summed E-state index contributed by atoms with van der Waals surface area (Å²) in [4.78, 5) is 19.0. The first kappa shape index (κ1) is 19.1. The summed E-state index contributed by atoms with van der Waals surface area (Å²) in [6, 6.07) is 13.9. The van der Waals surface area contributed by atoms with Crippen LogP contribution in [0.1, 0.15) is 16.9 Å². The van der Waals surface area contributed by atoms with Gasteiger partial charge in [-0.15, -0.1) is 10.2 Å². The molecule has 7 nitrogen and oxygen atoms in total. The molecule has 2 aromatic rings. The molecule has 1 aromatic heterocycles. The van der Waals surface area contributed by atoms with Gasteiger partial charge in [0.15, 0.2) is 5.69 Å². The first-order valence-corrected chi connectivity index (χ1v) is 9.45. The third-order valence-electron chi connectivity index (χ3n) is 4.66. The summed E-state index contributed by atoms with van der Waals surface area (Å²) in [6.07, 6.45) is 1.03. The number of rotatable bonds is 7. The van der Waals surface area contributed by atoms with Crippen molar-refractivity contribution in [1.29, 1.82) is 0 Å². The van der Waals surface area contributed by atoms with E-state index in [0.29, 0.717) is 24.6 Å². The molecule has 1 N–H and O–H groups in total. The second-order valence-electron chi connectivity index (χ2n) is 7.00. The van der Waals surface area contributed by atoms with Crippen LogP contribution in [0, 0.1) is 0 Å². The number of carbonyl (C=O) groups excluding carboxylic acids is 1. The first-order chi connectivity index (χ1) is 13.1. The van der Waals surface area contributed by atoms with E-state index >= 15 is 0 Å². The number of aromatic nitrogens is 2. The standard InChI is InChI=1S/C20H28N6O/c1-24(2)12-6-11-21-19-10-9-18(22-23-19)20(27)26-15-13-25(14-16-26)17-7-4-3-5-8-17/h3-5,7-10H,6,11-16H2,1-2H3,(H,21,23). The Kier molecular flexibility index (Phi) is 6.59. The van der Waals surface area contributed by atoms with Crippen molar-refractivity contribution in [3.05, 3.63) is 48.2 Å². The van der Waals surface area contributed by atoms with Gasteiger partial charge in [0, 0.05) is 38.4 Å². The fourth-order valence-electron chi connectivity index (χ4n) is 3.12. The van der Waals surface area contributed by atoms with Crippen molar-refractivity contribution in [2.75, 3.05) is 63.6 Å². The summed E-state index contributed by atoms with van der Waals surface area (Å²) in [6.45, 7) is 4.90. The third kappa shape index (κ3) is 5.40. The highest BCUT2D eigenvalue weighted by Crippen LogP contribution is 2.16. The quantitative estimate of drug-likeness (QED) is 0.752. The van der Waals surface area contributed by atoms with E-state index in [0.717, 1.165) is 32.6 Å². The molecule has 2 heterocycles. The van der Waals surface area contributed by atoms with Gasteiger partial charge in [-0.25, -0.2) is 0 Å². The molecule has 1 amide bonds. The molecule has 0 radical (unpaired) electrons. The number of hydrogen-bond acceptors (Lipinski definition) is 6. The molecule has 7 heteroatoms. The van der Waals surface area contributed by atoms with Crippen LogP contribution in [0.5, 0.6) is 0 Å². The second kappa shape index (κ2) is 9.32. The van der Waals surface area contributed by atoms with E-state index in [9.17, 15) is 4.79 Å². The van der Waals surface area contributed by atoms with E-state index in [1.165, 1.54) is 5.69 Å². The van der Waals surface area contributed by atoms with Crippen molar-refractivity contribution in [1.82, 2.24) is 20.0 Å². The van der Waals surface area contributed by atoms with Crippen LogP contribution in [0.25, 0.3) is 0 Å². The Balaban J connectivity index is 1.48. The smallest absolute Gasteiger partial charge is 0.274 e. The average molecular weight is 368 g/mol. The van der Waals surface area contributed by atoms with Crippen molar-refractivity contribution in [2.45, 2.75) is 6.42 Å². The zero-order valence-corrected chi connectivity index (χ0v) is 16.1. The average Bonchev–Trinajstić information content (AvgIpc) is 2.72. The van der Waals surface area contributed by atoms with Crippen molar-refractivity contribution in [2.24, 2.45) is 0 Å². The van der Waals surface area contributed by atoms with Gasteiger partial charge in [0.2, 0.25) is 0 Å². The number of anilines is 2. The van der Waals surface area contributed by atoms with Gasteiger partial charge in [-0.05, 0) is 51.3 Å². The van der Waals surface area contributed by atoms with Crippen LogP contribution in [0.2, 0.25) is 0 Å². The molecule has 1 aliphatic heterocycles. The highest BCUT2D eigenvalue weighted by Gasteiger charge is 2.23. The van der Waals surface area contributed by atoms with E-state index < -0.39 is 0 Å². The number of amides is 1. The molecule has 27 heavy (non-hydrogen) atoms. The molecule has 0 aliphatic carbocycles. The lowest BCUT2D eigenvalue weighted by Gasteiger charge is -2.35. The van der Waals surface area contributed by atoms with Gasteiger partial charge in [-0.2, -0.15) is 0 Å². The van der Waals surface area contributed by atoms with Gasteiger partial charge in [-0.3, -0.25) is 4.79 Å². The van der Waals surface area contributed by atoms with E-state index in [4.69, 9.17) is 0 Å². The minimum Gasteiger partial charge on any atom is -0.369 e. The van der Waals surface area contributed by atoms with Crippen molar-refractivity contribution < 1.29 is 4.79 Å². The van der Waals surface area contributed by atoms with Crippen molar-refractivity contribution in [3.63, 3.8) is 0 Å². The number of piperazine rings is 1. The Morgan fingerprint density at radius 1 is 1.04 bits per heavy atom. The highest BCUT2D eigenvalue weighted by atomic mass is 16.2. The molecular weight excluding hydrogens is 340 g/mol. The number of nitrogens with zero attached hydrogens (tertiary/aromatic N) is 5. The lowest BCUT2D eigenvalue weighted by atomic mass is 10.2. The molecule has 0 spiro atoms. The van der Waals surface area contributed by atoms with Crippen LogP contribution in [0.4, 0.5) is 11.5 Å². The van der Waals surface area contributed by atoms with E-state index in [-0.39, 0.29) is 5.91 Å². The molecule has 144 valence electrons. The maximum atomic E-state index is 12.7. The van der Waals surface area contributed by atoms with E-state index in [1.807, 2.05) is 29.2 Å². The van der Waals surface area contributed by atoms with Gasteiger partial charge in [0.05, 0.1) is 0 Å². The van der Waals surface area contributed by atoms with Crippen LogP contribution < -0.4 is 10.2 Å². The van der Waals surface area contributed by atoms with Crippen LogP contribution in [-0.2, 0) is 0 Å². The van der Waals surface area contributed by atoms with Crippen molar-refractivity contribution in [3.8, 4) is 0 Å². The van der Waals surface area contributed by atoms with Gasteiger partial charge >= 0.3 is 0 Å². The van der Waals surface area contributed by atoms with Crippen molar-refractivity contribution >= 4 is 17.4 Å². The Morgan fingerprint density at radius 3 is 2.41 bits per heavy atom. The Bertz CT molecular complexity index is 711. The number of nitrogens with one attached hydrogen (secondary N) is 1. The fraction of sp³-hybridized carbons (Fsp3) is 0.450. The summed E-state index contributed by atoms with van der Waals surface area (Å²) >= 11 is 0. The molecule has 0 atom stereocenters. The Morgan fingerprint density at radius 2 is 1.78 bits per heavy atom. The zero-order valence-electron chi connectivity index (χ0n) is 16.1. The fourth-order valence-corrected chi connectivity index (χ4v) is 3.12. The van der Waals surface area contributed by atoms with Gasteiger partial charge in [0.1, 0.15) is 5.82 Å². The van der Waals surface area contributed by atoms with E-state index in [1.54, 1.807) is 6.07 Å². The number of hydrogen-bond donors (Lipinski definition) is 1. The first-order valence-electron chi connectivity index (χ1n) is 9.45. The maximum Gasteiger partial charge on any atom is 0.274 e. The normalized spacial score (nSPS) is 14.5. The number of benzene rings is 1. The molecule has 0 saturated carbocycles. The lowest BCUT2D eigenvalue weighted by Crippen LogP contribution is -2.49. The molecule has 0 bridgehead atoms. The van der Waals surface area contributed by atoms with Crippen LogP contribution in [0.3, 0.4) is 0 Å². The Hall–Kier alpha value is -2.67. The number of para-hydroxylation sites is 1.